The van der Waals surface area contributed by atoms with Crippen molar-refractivity contribution >= 4 is 23.2 Å². The van der Waals surface area contributed by atoms with Crippen LogP contribution in [0.15, 0.2) is 28.7 Å². The minimum Gasteiger partial charge on any atom is -0.466 e. The van der Waals surface area contributed by atoms with Gasteiger partial charge in [-0.1, -0.05) is 29.3 Å². The van der Waals surface area contributed by atoms with Gasteiger partial charge in [-0.05, 0) is 44.5 Å². The van der Waals surface area contributed by atoms with Gasteiger partial charge in [-0.25, -0.2) is 0 Å². The van der Waals surface area contributed by atoms with Crippen molar-refractivity contribution in [1.82, 2.24) is 5.32 Å². The molecule has 0 saturated carbocycles. The van der Waals surface area contributed by atoms with Crippen molar-refractivity contribution in [1.29, 1.82) is 0 Å². The van der Waals surface area contributed by atoms with Crippen LogP contribution in [0.25, 0.3) is 0 Å². The number of hydrogen-bond acceptors (Lipinski definition) is 2. The normalized spacial score (nSPS) is 12.7. The second-order valence-corrected chi connectivity index (χ2v) is 5.55. The Morgan fingerprint density at radius 3 is 2.53 bits per heavy atom. The summed E-state index contributed by atoms with van der Waals surface area (Å²) in [6.45, 7) is 6.75. The van der Waals surface area contributed by atoms with E-state index in [2.05, 4.69) is 18.3 Å². The number of halogens is 2. The molecule has 0 aliphatic rings. The molecule has 2 aromatic rings. The van der Waals surface area contributed by atoms with Gasteiger partial charge in [0.1, 0.15) is 11.5 Å². The molecular weight excluding hydrogens is 281 g/mol. The minimum absolute atomic E-state index is 0.212. The monoisotopic (exact) mass is 297 g/mol. The van der Waals surface area contributed by atoms with Crippen LogP contribution in [0.5, 0.6) is 0 Å². The molecule has 2 nitrogen and oxygen atoms in total. The predicted octanol–water partition coefficient (Wildman–Crippen LogP) is 5.05. The summed E-state index contributed by atoms with van der Waals surface area (Å²) in [7, 11) is 0. The summed E-state index contributed by atoms with van der Waals surface area (Å²) in [6, 6.07) is 7.83. The lowest BCUT2D eigenvalue weighted by Gasteiger charge is -2.14. The van der Waals surface area contributed by atoms with E-state index in [1.165, 1.54) is 5.56 Å². The summed E-state index contributed by atoms with van der Waals surface area (Å²) < 4.78 is 5.54. The molecule has 1 N–H and O–H groups in total. The molecule has 0 bridgehead atoms. The van der Waals surface area contributed by atoms with E-state index in [9.17, 15) is 0 Å². The van der Waals surface area contributed by atoms with Crippen molar-refractivity contribution in [3.05, 3.63) is 57.0 Å². The van der Waals surface area contributed by atoms with Crippen LogP contribution < -0.4 is 5.32 Å². The van der Waals surface area contributed by atoms with Crippen LogP contribution in [-0.2, 0) is 6.54 Å². The molecule has 1 unspecified atom stereocenters. The van der Waals surface area contributed by atoms with Crippen molar-refractivity contribution in [3.63, 3.8) is 0 Å². The molecule has 4 heteroatoms. The zero-order chi connectivity index (χ0) is 14.0. The van der Waals surface area contributed by atoms with Gasteiger partial charge in [-0.15, -0.1) is 0 Å². The van der Waals surface area contributed by atoms with Gasteiger partial charge < -0.3 is 9.73 Å². The maximum Gasteiger partial charge on any atom is 0.105 e. The lowest BCUT2D eigenvalue weighted by Crippen LogP contribution is -2.18. The summed E-state index contributed by atoms with van der Waals surface area (Å²) in [5, 5.41) is 4.79. The molecule has 0 spiro atoms. The summed E-state index contributed by atoms with van der Waals surface area (Å²) in [6.07, 6.45) is 0. The van der Waals surface area contributed by atoms with Gasteiger partial charge in [-0.2, -0.15) is 0 Å². The zero-order valence-electron chi connectivity index (χ0n) is 11.3. The first kappa shape index (κ1) is 14.4. The molecule has 1 aromatic heterocycles. The lowest BCUT2D eigenvalue weighted by molar-refractivity contribution is 0.489. The zero-order valence-corrected chi connectivity index (χ0v) is 12.8. The van der Waals surface area contributed by atoms with Gasteiger partial charge in [0.15, 0.2) is 0 Å². The molecular formula is C15H17Cl2NO. The summed E-state index contributed by atoms with van der Waals surface area (Å²) in [5.74, 6) is 1.89. The Labute approximate surface area is 123 Å². The first-order valence-corrected chi connectivity index (χ1v) is 6.97. The molecule has 0 aliphatic carbocycles. The number of rotatable bonds is 4. The average Bonchev–Trinajstić information content (AvgIpc) is 2.67. The van der Waals surface area contributed by atoms with E-state index in [1.54, 1.807) is 6.07 Å². The molecule has 0 saturated heterocycles. The second kappa shape index (κ2) is 6.00. The molecule has 1 aromatic carbocycles. The van der Waals surface area contributed by atoms with E-state index < -0.39 is 0 Å². The van der Waals surface area contributed by atoms with Gasteiger partial charge in [0.05, 0.1) is 0 Å². The van der Waals surface area contributed by atoms with Gasteiger partial charge in [0, 0.05) is 28.2 Å². The highest BCUT2D eigenvalue weighted by Crippen LogP contribution is 2.24. The molecule has 0 radical (unpaired) electrons. The van der Waals surface area contributed by atoms with Crippen LogP contribution in [0.4, 0.5) is 0 Å². The van der Waals surface area contributed by atoms with Gasteiger partial charge in [-0.3, -0.25) is 0 Å². The standard InChI is InChI=1S/C15H17Cl2NO/c1-9-6-14(11(3)19-9)10(2)18-8-12-4-5-13(16)7-15(12)17/h4-7,10,18H,8H2,1-3H3. The minimum atomic E-state index is 0.212. The number of benzene rings is 1. The number of aryl methyl sites for hydroxylation is 2. The Kier molecular flexibility index (Phi) is 4.56. The van der Waals surface area contributed by atoms with Crippen molar-refractivity contribution in [2.24, 2.45) is 0 Å². The van der Waals surface area contributed by atoms with E-state index in [0.29, 0.717) is 16.6 Å². The van der Waals surface area contributed by atoms with Crippen LogP contribution in [0.3, 0.4) is 0 Å². The third-order valence-electron chi connectivity index (χ3n) is 3.16. The maximum absolute atomic E-state index is 6.15. The molecule has 2 rings (SSSR count). The summed E-state index contributed by atoms with van der Waals surface area (Å²) in [4.78, 5) is 0. The Hall–Kier alpha value is -0.960. The molecule has 0 fully saturated rings. The molecule has 1 heterocycles. The predicted molar refractivity (Wildman–Crippen MR) is 79.9 cm³/mol. The number of nitrogens with one attached hydrogen (secondary N) is 1. The third-order valence-corrected chi connectivity index (χ3v) is 3.75. The van der Waals surface area contributed by atoms with Crippen LogP contribution >= 0.6 is 23.2 Å². The van der Waals surface area contributed by atoms with E-state index in [1.807, 2.05) is 26.0 Å². The van der Waals surface area contributed by atoms with Crippen molar-refractivity contribution in [2.45, 2.75) is 33.4 Å². The van der Waals surface area contributed by atoms with Crippen LogP contribution in [-0.4, -0.2) is 0 Å². The topological polar surface area (TPSA) is 25.2 Å². The smallest absolute Gasteiger partial charge is 0.105 e. The lowest BCUT2D eigenvalue weighted by atomic mass is 10.1. The van der Waals surface area contributed by atoms with Gasteiger partial charge in [0.25, 0.3) is 0 Å². The SMILES string of the molecule is Cc1cc(C(C)NCc2ccc(Cl)cc2Cl)c(C)o1. The highest BCUT2D eigenvalue weighted by atomic mass is 35.5. The fourth-order valence-corrected chi connectivity index (χ4v) is 2.59. The molecule has 0 aliphatic heterocycles. The van der Waals surface area contributed by atoms with Gasteiger partial charge >= 0.3 is 0 Å². The Bertz CT molecular complexity index is 578. The first-order chi connectivity index (χ1) is 8.97. The third kappa shape index (κ3) is 3.53. The van der Waals surface area contributed by atoms with Crippen LogP contribution in [0.2, 0.25) is 10.0 Å². The fraction of sp³-hybridized carbons (Fsp3) is 0.333. The Morgan fingerprint density at radius 1 is 1.21 bits per heavy atom. The van der Waals surface area contributed by atoms with E-state index >= 15 is 0 Å². The van der Waals surface area contributed by atoms with Crippen molar-refractivity contribution < 1.29 is 4.42 Å². The Balaban J connectivity index is 2.04. The fourth-order valence-electron chi connectivity index (χ4n) is 2.12. The van der Waals surface area contributed by atoms with Crippen LogP contribution in [0.1, 0.15) is 35.6 Å². The molecule has 0 amide bonds. The highest BCUT2D eigenvalue weighted by Gasteiger charge is 2.12. The summed E-state index contributed by atoms with van der Waals surface area (Å²) in [5.41, 5.74) is 2.22. The quantitative estimate of drug-likeness (QED) is 0.854. The Morgan fingerprint density at radius 2 is 1.95 bits per heavy atom. The number of hydrogen-bond donors (Lipinski definition) is 1. The van der Waals surface area contributed by atoms with E-state index in [-0.39, 0.29) is 6.04 Å². The molecule has 1 atom stereocenters. The maximum atomic E-state index is 6.15. The summed E-state index contributed by atoms with van der Waals surface area (Å²) >= 11 is 12.0. The highest BCUT2D eigenvalue weighted by molar-refractivity contribution is 6.35. The van der Waals surface area contributed by atoms with Crippen LogP contribution in [0, 0.1) is 13.8 Å². The van der Waals surface area contributed by atoms with E-state index in [0.717, 1.165) is 17.1 Å². The largest absolute Gasteiger partial charge is 0.466 e. The van der Waals surface area contributed by atoms with E-state index in [4.69, 9.17) is 27.6 Å². The van der Waals surface area contributed by atoms with Gasteiger partial charge in [0.2, 0.25) is 0 Å². The number of furan rings is 1. The molecule has 19 heavy (non-hydrogen) atoms. The molecule has 102 valence electrons. The van der Waals surface area contributed by atoms with Crippen molar-refractivity contribution in [3.8, 4) is 0 Å². The van der Waals surface area contributed by atoms with Crippen molar-refractivity contribution in [2.75, 3.05) is 0 Å². The second-order valence-electron chi connectivity index (χ2n) is 4.71. The first-order valence-electron chi connectivity index (χ1n) is 6.21. The average molecular weight is 298 g/mol.